The van der Waals surface area contributed by atoms with E-state index in [1.54, 1.807) is 12.1 Å². The Balaban J connectivity index is 2.13. The van der Waals surface area contributed by atoms with E-state index in [4.69, 9.17) is 0 Å². The lowest BCUT2D eigenvalue weighted by Crippen LogP contribution is -2.26. The average molecular weight is 399 g/mol. The molecule has 0 spiro atoms. The van der Waals surface area contributed by atoms with Crippen LogP contribution in [0, 0.1) is 0 Å². The number of benzene rings is 2. The summed E-state index contributed by atoms with van der Waals surface area (Å²) in [5, 5.41) is 12.5. The first-order chi connectivity index (χ1) is 9.47. The molecule has 0 saturated heterocycles. The maximum absolute atomic E-state index is 12.1. The van der Waals surface area contributed by atoms with E-state index in [0.717, 1.165) is 10.0 Å². The largest absolute Gasteiger partial charge is 0.507 e. The van der Waals surface area contributed by atoms with Crippen LogP contribution in [0.3, 0.4) is 0 Å². The van der Waals surface area contributed by atoms with Gasteiger partial charge < -0.3 is 10.4 Å². The monoisotopic (exact) mass is 397 g/mol. The number of nitrogens with one attached hydrogen (secondary N) is 1. The zero-order valence-electron chi connectivity index (χ0n) is 10.7. The van der Waals surface area contributed by atoms with Crippen molar-refractivity contribution in [3.8, 4) is 5.75 Å². The van der Waals surface area contributed by atoms with Gasteiger partial charge in [0.25, 0.3) is 5.91 Å². The molecule has 0 aliphatic heterocycles. The third-order valence-electron chi connectivity index (χ3n) is 2.90. The van der Waals surface area contributed by atoms with Gasteiger partial charge in [0.2, 0.25) is 0 Å². The summed E-state index contributed by atoms with van der Waals surface area (Å²) in [4.78, 5) is 12.1. The Morgan fingerprint density at radius 2 is 1.95 bits per heavy atom. The number of carbonyl (C=O) groups excluding carboxylic acids is 1. The third kappa shape index (κ3) is 3.61. The molecule has 0 aromatic heterocycles. The molecule has 1 unspecified atom stereocenters. The van der Waals surface area contributed by atoms with Crippen molar-refractivity contribution in [1.82, 2.24) is 5.32 Å². The molecule has 104 valence electrons. The SMILES string of the molecule is CC(NC(=O)c1ccc(Br)c(O)c1)c1cccc(Br)c1. The van der Waals surface area contributed by atoms with Gasteiger partial charge in [0.1, 0.15) is 5.75 Å². The second kappa shape index (κ2) is 6.41. The van der Waals surface area contributed by atoms with Gasteiger partial charge in [0, 0.05) is 10.0 Å². The maximum atomic E-state index is 12.1. The van der Waals surface area contributed by atoms with E-state index in [1.807, 2.05) is 31.2 Å². The van der Waals surface area contributed by atoms with Crippen LogP contribution in [-0.2, 0) is 0 Å². The minimum absolute atomic E-state index is 0.0489. The topological polar surface area (TPSA) is 49.3 Å². The smallest absolute Gasteiger partial charge is 0.251 e. The highest BCUT2D eigenvalue weighted by molar-refractivity contribution is 9.10. The molecule has 2 aromatic carbocycles. The van der Waals surface area contributed by atoms with Crippen LogP contribution in [0.15, 0.2) is 51.4 Å². The molecule has 20 heavy (non-hydrogen) atoms. The molecule has 2 rings (SSSR count). The van der Waals surface area contributed by atoms with Crippen molar-refractivity contribution in [3.63, 3.8) is 0 Å². The molecule has 0 radical (unpaired) electrons. The molecule has 0 saturated carbocycles. The molecule has 1 atom stereocenters. The van der Waals surface area contributed by atoms with Gasteiger partial charge >= 0.3 is 0 Å². The summed E-state index contributed by atoms with van der Waals surface area (Å²) in [6, 6.07) is 12.4. The minimum Gasteiger partial charge on any atom is -0.507 e. The number of hydrogen-bond acceptors (Lipinski definition) is 2. The predicted octanol–water partition coefficient (Wildman–Crippen LogP) is 4.41. The second-order valence-electron chi connectivity index (χ2n) is 4.42. The molecular formula is C15H13Br2NO2. The van der Waals surface area contributed by atoms with Crippen molar-refractivity contribution in [3.05, 3.63) is 62.5 Å². The normalized spacial score (nSPS) is 11.9. The summed E-state index contributed by atoms with van der Waals surface area (Å²) in [5.41, 5.74) is 1.43. The van der Waals surface area contributed by atoms with Gasteiger partial charge in [-0.15, -0.1) is 0 Å². The van der Waals surface area contributed by atoms with Crippen LogP contribution in [0.1, 0.15) is 28.9 Å². The number of aromatic hydroxyl groups is 1. The van der Waals surface area contributed by atoms with Crippen LogP contribution in [0.5, 0.6) is 5.75 Å². The molecule has 5 heteroatoms. The standard InChI is InChI=1S/C15H13Br2NO2/c1-9(10-3-2-4-12(16)7-10)18-15(20)11-5-6-13(17)14(19)8-11/h2-9,19H,1H3,(H,18,20). The van der Waals surface area contributed by atoms with Crippen molar-refractivity contribution in [2.45, 2.75) is 13.0 Å². The van der Waals surface area contributed by atoms with Crippen molar-refractivity contribution in [1.29, 1.82) is 0 Å². The Bertz CT molecular complexity index is 644. The van der Waals surface area contributed by atoms with E-state index in [-0.39, 0.29) is 17.7 Å². The minimum atomic E-state index is -0.222. The summed E-state index contributed by atoms with van der Waals surface area (Å²) in [6.45, 7) is 1.92. The first-order valence-electron chi connectivity index (χ1n) is 6.02. The van der Waals surface area contributed by atoms with Gasteiger partial charge in [-0.05, 0) is 58.7 Å². The van der Waals surface area contributed by atoms with E-state index < -0.39 is 0 Å². The summed E-state index contributed by atoms with van der Waals surface area (Å²) < 4.78 is 1.53. The third-order valence-corrected chi connectivity index (χ3v) is 4.07. The Labute approximate surface area is 134 Å². The number of phenols is 1. The Hall–Kier alpha value is -1.33. The summed E-state index contributed by atoms with van der Waals surface area (Å²) in [5.74, 6) is -0.173. The molecule has 0 aliphatic rings. The van der Waals surface area contributed by atoms with Crippen molar-refractivity contribution < 1.29 is 9.90 Å². The Morgan fingerprint density at radius 3 is 2.60 bits per heavy atom. The lowest BCUT2D eigenvalue weighted by molar-refractivity contribution is 0.0939. The van der Waals surface area contributed by atoms with Crippen LogP contribution in [0.2, 0.25) is 0 Å². The number of rotatable bonds is 3. The van der Waals surface area contributed by atoms with Gasteiger partial charge in [-0.2, -0.15) is 0 Å². The number of halogens is 2. The molecule has 0 bridgehead atoms. The van der Waals surface area contributed by atoms with Crippen LogP contribution in [0.4, 0.5) is 0 Å². The number of phenolic OH excluding ortho intramolecular Hbond substituents is 1. The Kier molecular flexibility index (Phi) is 4.83. The molecule has 1 amide bonds. The molecule has 0 fully saturated rings. The van der Waals surface area contributed by atoms with Crippen molar-refractivity contribution in [2.75, 3.05) is 0 Å². The molecular weight excluding hydrogens is 386 g/mol. The number of carbonyl (C=O) groups is 1. The second-order valence-corrected chi connectivity index (χ2v) is 6.19. The van der Waals surface area contributed by atoms with Crippen molar-refractivity contribution in [2.24, 2.45) is 0 Å². The lowest BCUT2D eigenvalue weighted by atomic mass is 10.1. The quantitative estimate of drug-likeness (QED) is 0.804. The van der Waals surface area contributed by atoms with E-state index in [1.165, 1.54) is 6.07 Å². The fourth-order valence-corrected chi connectivity index (χ4v) is 2.46. The van der Waals surface area contributed by atoms with E-state index >= 15 is 0 Å². The summed E-state index contributed by atoms with van der Waals surface area (Å²) in [6.07, 6.45) is 0. The highest BCUT2D eigenvalue weighted by Crippen LogP contribution is 2.25. The van der Waals surface area contributed by atoms with Gasteiger partial charge in [0.15, 0.2) is 0 Å². The van der Waals surface area contributed by atoms with E-state index in [0.29, 0.717) is 10.0 Å². The zero-order valence-corrected chi connectivity index (χ0v) is 13.9. The summed E-state index contributed by atoms with van der Waals surface area (Å²) in [7, 11) is 0. The van der Waals surface area contributed by atoms with E-state index in [2.05, 4.69) is 37.2 Å². The highest BCUT2D eigenvalue weighted by atomic mass is 79.9. The van der Waals surface area contributed by atoms with Crippen LogP contribution >= 0.6 is 31.9 Å². The number of amides is 1. The Morgan fingerprint density at radius 1 is 1.20 bits per heavy atom. The molecule has 2 aromatic rings. The predicted molar refractivity (Wildman–Crippen MR) is 85.8 cm³/mol. The van der Waals surface area contributed by atoms with Gasteiger partial charge in [-0.25, -0.2) is 0 Å². The van der Waals surface area contributed by atoms with Crippen molar-refractivity contribution >= 4 is 37.8 Å². The van der Waals surface area contributed by atoms with Gasteiger partial charge in [-0.3, -0.25) is 4.79 Å². The lowest BCUT2D eigenvalue weighted by Gasteiger charge is -2.15. The van der Waals surface area contributed by atoms with Gasteiger partial charge in [-0.1, -0.05) is 28.1 Å². The average Bonchev–Trinajstić information content (AvgIpc) is 2.41. The zero-order chi connectivity index (χ0) is 14.7. The molecule has 3 nitrogen and oxygen atoms in total. The van der Waals surface area contributed by atoms with Crippen LogP contribution in [0.25, 0.3) is 0 Å². The van der Waals surface area contributed by atoms with Crippen LogP contribution in [-0.4, -0.2) is 11.0 Å². The number of hydrogen-bond donors (Lipinski definition) is 2. The van der Waals surface area contributed by atoms with Gasteiger partial charge in [0.05, 0.1) is 10.5 Å². The first kappa shape index (κ1) is 15.1. The summed E-state index contributed by atoms with van der Waals surface area (Å²) >= 11 is 6.60. The fourth-order valence-electron chi connectivity index (χ4n) is 1.79. The fraction of sp³-hybridized carbons (Fsp3) is 0.133. The molecule has 2 N–H and O–H groups in total. The molecule has 0 heterocycles. The highest BCUT2D eigenvalue weighted by Gasteiger charge is 2.12. The maximum Gasteiger partial charge on any atom is 0.251 e. The first-order valence-corrected chi connectivity index (χ1v) is 7.61. The van der Waals surface area contributed by atoms with E-state index in [9.17, 15) is 9.90 Å². The molecule has 0 aliphatic carbocycles. The van der Waals surface area contributed by atoms with Crippen LogP contribution < -0.4 is 5.32 Å².